The lowest BCUT2D eigenvalue weighted by Crippen LogP contribution is -2.14. The minimum atomic E-state index is 0.476. The quantitative estimate of drug-likeness (QED) is 0.776. The van der Waals surface area contributed by atoms with Crippen LogP contribution in [0.25, 0.3) is 10.6 Å². The van der Waals surface area contributed by atoms with Gasteiger partial charge in [0, 0.05) is 17.0 Å². The van der Waals surface area contributed by atoms with Gasteiger partial charge in [0.1, 0.15) is 5.01 Å². The zero-order valence-electron chi connectivity index (χ0n) is 12.9. The molecule has 1 aromatic heterocycles. The van der Waals surface area contributed by atoms with Gasteiger partial charge >= 0.3 is 0 Å². The van der Waals surface area contributed by atoms with E-state index >= 15 is 0 Å². The summed E-state index contributed by atoms with van der Waals surface area (Å²) >= 11 is 1.82. The number of nitrogens with one attached hydrogen (secondary N) is 1. The summed E-state index contributed by atoms with van der Waals surface area (Å²) in [5, 5.41) is 4.63. The Morgan fingerprint density at radius 3 is 2.50 bits per heavy atom. The SMILES string of the molecule is CCCNCc1sc(-c2ccc(C)cc2)nc1C(C)C. The zero-order chi connectivity index (χ0) is 14.5. The van der Waals surface area contributed by atoms with E-state index < -0.39 is 0 Å². The van der Waals surface area contributed by atoms with Crippen LogP contribution in [-0.2, 0) is 6.54 Å². The van der Waals surface area contributed by atoms with Crippen molar-refractivity contribution >= 4 is 11.3 Å². The van der Waals surface area contributed by atoms with Crippen molar-refractivity contribution in [3.63, 3.8) is 0 Å². The van der Waals surface area contributed by atoms with E-state index in [4.69, 9.17) is 4.98 Å². The molecular weight excluding hydrogens is 264 g/mol. The van der Waals surface area contributed by atoms with Crippen LogP contribution < -0.4 is 5.32 Å². The smallest absolute Gasteiger partial charge is 0.123 e. The number of rotatable bonds is 6. The van der Waals surface area contributed by atoms with E-state index in [-0.39, 0.29) is 0 Å². The molecule has 0 bridgehead atoms. The van der Waals surface area contributed by atoms with Crippen LogP contribution in [0.4, 0.5) is 0 Å². The molecule has 1 N–H and O–H groups in total. The van der Waals surface area contributed by atoms with Gasteiger partial charge in [0.15, 0.2) is 0 Å². The van der Waals surface area contributed by atoms with Crippen LogP contribution in [0.3, 0.4) is 0 Å². The van der Waals surface area contributed by atoms with Gasteiger partial charge in [0.2, 0.25) is 0 Å². The van der Waals surface area contributed by atoms with Crippen molar-refractivity contribution in [1.29, 1.82) is 0 Å². The van der Waals surface area contributed by atoms with Crippen molar-refractivity contribution in [1.82, 2.24) is 10.3 Å². The molecule has 0 saturated heterocycles. The minimum Gasteiger partial charge on any atom is -0.312 e. The van der Waals surface area contributed by atoms with Crippen molar-refractivity contribution in [2.75, 3.05) is 6.54 Å². The topological polar surface area (TPSA) is 24.9 Å². The molecule has 108 valence electrons. The van der Waals surface area contributed by atoms with Gasteiger partial charge in [-0.1, -0.05) is 50.6 Å². The van der Waals surface area contributed by atoms with E-state index in [1.807, 2.05) is 11.3 Å². The Hall–Kier alpha value is -1.19. The molecule has 0 saturated carbocycles. The van der Waals surface area contributed by atoms with Gasteiger partial charge in [0.05, 0.1) is 5.69 Å². The fourth-order valence-electron chi connectivity index (χ4n) is 2.14. The monoisotopic (exact) mass is 288 g/mol. The van der Waals surface area contributed by atoms with Crippen LogP contribution in [0.1, 0.15) is 49.2 Å². The highest BCUT2D eigenvalue weighted by atomic mass is 32.1. The number of hydrogen-bond donors (Lipinski definition) is 1. The lowest BCUT2D eigenvalue weighted by molar-refractivity contribution is 0.670. The van der Waals surface area contributed by atoms with Crippen LogP contribution in [0.2, 0.25) is 0 Å². The molecule has 0 aliphatic rings. The molecule has 20 heavy (non-hydrogen) atoms. The standard InChI is InChI=1S/C17H24N2S/c1-5-10-18-11-15-16(12(2)3)19-17(20-15)14-8-6-13(4)7-9-14/h6-9,12,18H,5,10-11H2,1-4H3. The maximum absolute atomic E-state index is 4.87. The second-order valence-corrected chi connectivity index (χ2v) is 6.61. The Bertz CT molecular complexity index is 541. The second-order valence-electron chi connectivity index (χ2n) is 5.52. The van der Waals surface area contributed by atoms with Crippen molar-refractivity contribution in [3.8, 4) is 10.6 Å². The molecule has 1 heterocycles. The number of nitrogens with zero attached hydrogens (tertiary/aromatic N) is 1. The maximum atomic E-state index is 4.87. The summed E-state index contributed by atoms with van der Waals surface area (Å²) in [6.45, 7) is 10.8. The van der Waals surface area contributed by atoms with Crippen molar-refractivity contribution in [3.05, 3.63) is 40.4 Å². The van der Waals surface area contributed by atoms with Gasteiger partial charge < -0.3 is 5.32 Å². The molecule has 3 heteroatoms. The summed E-state index contributed by atoms with van der Waals surface area (Å²) in [7, 11) is 0. The molecular formula is C17H24N2S. The maximum Gasteiger partial charge on any atom is 0.123 e. The average molecular weight is 288 g/mol. The Morgan fingerprint density at radius 2 is 1.90 bits per heavy atom. The first-order valence-electron chi connectivity index (χ1n) is 7.39. The number of thiazole rings is 1. The molecule has 1 aromatic carbocycles. The van der Waals surface area contributed by atoms with E-state index in [0.717, 1.165) is 18.1 Å². The van der Waals surface area contributed by atoms with E-state index in [9.17, 15) is 0 Å². The largest absolute Gasteiger partial charge is 0.312 e. The molecule has 0 aliphatic carbocycles. The fraction of sp³-hybridized carbons (Fsp3) is 0.471. The summed E-state index contributed by atoms with van der Waals surface area (Å²) < 4.78 is 0. The summed E-state index contributed by atoms with van der Waals surface area (Å²) in [5.41, 5.74) is 3.76. The third kappa shape index (κ3) is 3.68. The van der Waals surface area contributed by atoms with E-state index in [1.165, 1.54) is 28.1 Å². The van der Waals surface area contributed by atoms with Crippen LogP contribution >= 0.6 is 11.3 Å². The first-order chi connectivity index (χ1) is 9.61. The predicted molar refractivity (Wildman–Crippen MR) is 88.4 cm³/mol. The van der Waals surface area contributed by atoms with Crippen molar-refractivity contribution < 1.29 is 0 Å². The molecule has 0 amide bonds. The van der Waals surface area contributed by atoms with Gasteiger partial charge in [-0.2, -0.15) is 0 Å². The van der Waals surface area contributed by atoms with Crippen LogP contribution in [0, 0.1) is 6.92 Å². The van der Waals surface area contributed by atoms with Gasteiger partial charge in [-0.3, -0.25) is 0 Å². The lowest BCUT2D eigenvalue weighted by atomic mass is 10.1. The molecule has 2 nitrogen and oxygen atoms in total. The van der Waals surface area contributed by atoms with Gasteiger partial charge in [-0.15, -0.1) is 11.3 Å². The summed E-state index contributed by atoms with van der Waals surface area (Å²) in [6, 6.07) is 8.64. The second kappa shape index (κ2) is 7.00. The van der Waals surface area contributed by atoms with E-state index in [1.54, 1.807) is 0 Å². The first kappa shape index (κ1) is 15.2. The molecule has 0 fully saturated rings. The van der Waals surface area contributed by atoms with Gasteiger partial charge in [-0.05, 0) is 25.8 Å². The van der Waals surface area contributed by atoms with Gasteiger partial charge in [-0.25, -0.2) is 4.98 Å². The number of benzene rings is 1. The molecule has 2 aromatic rings. The number of aryl methyl sites for hydroxylation is 1. The van der Waals surface area contributed by atoms with E-state index in [0.29, 0.717) is 5.92 Å². The van der Waals surface area contributed by atoms with Crippen molar-refractivity contribution in [2.24, 2.45) is 0 Å². The van der Waals surface area contributed by atoms with Gasteiger partial charge in [0.25, 0.3) is 0 Å². The Kier molecular flexibility index (Phi) is 5.32. The molecule has 2 rings (SSSR count). The average Bonchev–Trinajstić information content (AvgIpc) is 2.84. The predicted octanol–water partition coefficient (Wildman–Crippen LogP) is 4.74. The molecule has 0 unspecified atom stereocenters. The van der Waals surface area contributed by atoms with E-state index in [2.05, 4.69) is 57.3 Å². The molecule has 0 atom stereocenters. The fourth-order valence-corrected chi connectivity index (χ4v) is 3.33. The highest BCUT2D eigenvalue weighted by Crippen LogP contribution is 2.31. The molecule has 0 spiro atoms. The third-order valence-electron chi connectivity index (χ3n) is 3.29. The Morgan fingerprint density at radius 1 is 1.20 bits per heavy atom. The zero-order valence-corrected chi connectivity index (χ0v) is 13.7. The van der Waals surface area contributed by atoms with Crippen LogP contribution in [0.5, 0.6) is 0 Å². The Labute approximate surface area is 126 Å². The molecule has 0 aliphatic heterocycles. The molecule has 0 radical (unpaired) electrons. The third-order valence-corrected chi connectivity index (χ3v) is 4.41. The summed E-state index contributed by atoms with van der Waals surface area (Å²) in [6.07, 6.45) is 1.17. The number of aromatic nitrogens is 1. The highest BCUT2D eigenvalue weighted by molar-refractivity contribution is 7.15. The lowest BCUT2D eigenvalue weighted by Gasteiger charge is -2.05. The summed E-state index contributed by atoms with van der Waals surface area (Å²) in [5.74, 6) is 0.476. The normalized spacial score (nSPS) is 11.2. The van der Waals surface area contributed by atoms with Crippen LogP contribution in [-0.4, -0.2) is 11.5 Å². The summed E-state index contributed by atoms with van der Waals surface area (Å²) in [4.78, 5) is 6.25. The van der Waals surface area contributed by atoms with Crippen molar-refractivity contribution in [2.45, 2.75) is 46.6 Å². The highest BCUT2D eigenvalue weighted by Gasteiger charge is 2.14. The van der Waals surface area contributed by atoms with Crippen LogP contribution in [0.15, 0.2) is 24.3 Å². The number of hydrogen-bond acceptors (Lipinski definition) is 3. The Balaban J connectivity index is 2.26. The minimum absolute atomic E-state index is 0.476. The first-order valence-corrected chi connectivity index (χ1v) is 8.20.